The maximum absolute atomic E-state index is 16.1. The Hall–Kier alpha value is -10.1. The monoisotopic (exact) mass is 1140 g/mol. The van der Waals surface area contributed by atoms with Crippen LogP contribution in [0.25, 0.3) is 11.1 Å². The molecule has 10 aromatic rings. The van der Waals surface area contributed by atoms with E-state index in [4.69, 9.17) is 47.4 Å². The van der Waals surface area contributed by atoms with Crippen LogP contribution in [0.3, 0.4) is 0 Å². The summed E-state index contributed by atoms with van der Waals surface area (Å²) < 4.78 is 68.2. The van der Waals surface area contributed by atoms with Gasteiger partial charge in [0.05, 0.1) is 37.6 Å². The lowest BCUT2D eigenvalue weighted by molar-refractivity contribution is -0.0931. The Kier molecular flexibility index (Phi) is 19.7. The molecule has 86 heavy (non-hydrogen) atoms. The third-order valence-corrected chi connectivity index (χ3v) is 14.2. The van der Waals surface area contributed by atoms with Crippen LogP contribution < -0.4 is 28.4 Å². The molecule has 0 saturated heterocycles. The van der Waals surface area contributed by atoms with E-state index in [9.17, 15) is 0 Å². The van der Waals surface area contributed by atoms with Gasteiger partial charge in [-0.05, 0) is 56.6 Å². The smallest absolute Gasteiger partial charge is 0.339 e. The fraction of sp³-hybridized carbons (Fsp3) is 0.162. The van der Waals surface area contributed by atoms with Gasteiger partial charge in [0.15, 0.2) is 35.2 Å². The van der Waals surface area contributed by atoms with Gasteiger partial charge in [-0.3, -0.25) is 0 Å². The first kappa shape index (κ1) is 57.7. The van der Waals surface area contributed by atoms with Crippen molar-refractivity contribution in [3.8, 4) is 45.6 Å². The molecule has 0 aromatic heterocycles. The lowest BCUT2D eigenvalue weighted by atomic mass is 9.91. The van der Waals surface area contributed by atoms with Crippen LogP contribution in [-0.2, 0) is 71.8 Å². The minimum Gasteiger partial charge on any atom is -0.485 e. The van der Waals surface area contributed by atoms with Crippen LogP contribution in [0.4, 0.5) is 0 Å². The van der Waals surface area contributed by atoms with Gasteiger partial charge in [0.2, 0.25) is 11.5 Å². The topological polar surface area (TPSA) is 126 Å². The molecule has 1 aliphatic rings. The van der Waals surface area contributed by atoms with Crippen molar-refractivity contribution in [2.24, 2.45) is 0 Å². The van der Waals surface area contributed by atoms with Crippen LogP contribution in [0.2, 0.25) is 0 Å². The van der Waals surface area contributed by atoms with E-state index in [2.05, 4.69) is 0 Å². The van der Waals surface area contributed by atoms with E-state index in [1.807, 2.05) is 243 Å². The first-order valence-electron chi connectivity index (χ1n) is 28.6. The molecule has 12 heteroatoms. The quantitative estimate of drug-likeness (QED) is 0.0479. The molecule has 11 rings (SSSR count). The van der Waals surface area contributed by atoms with E-state index in [1.54, 1.807) is 12.1 Å². The van der Waals surface area contributed by atoms with E-state index in [0.717, 1.165) is 44.5 Å². The zero-order valence-electron chi connectivity index (χ0n) is 47.4. The maximum atomic E-state index is 16.1. The Labute approximate surface area is 501 Å². The van der Waals surface area contributed by atoms with Crippen LogP contribution in [0, 0.1) is 0 Å². The number of carbonyl (C=O) groups is 2. The Morgan fingerprint density at radius 3 is 0.744 bits per heavy atom. The lowest BCUT2D eigenvalue weighted by Gasteiger charge is -2.31. The van der Waals surface area contributed by atoms with Crippen LogP contribution in [-0.4, -0.2) is 37.4 Å². The second-order valence-corrected chi connectivity index (χ2v) is 20.4. The van der Waals surface area contributed by atoms with Crippen LogP contribution in [0.1, 0.15) is 65.2 Å². The highest BCUT2D eigenvalue weighted by Gasteiger charge is 2.40. The van der Waals surface area contributed by atoms with E-state index in [-0.39, 0.29) is 123 Å². The van der Waals surface area contributed by atoms with Crippen molar-refractivity contribution in [2.45, 2.75) is 65.1 Å². The number of rotatable bonds is 26. The van der Waals surface area contributed by atoms with Crippen molar-refractivity contribution >= 4 is 11.9 Å². The average molecular weight is 1150 g/mol. The molecule has 0 amide bonds. The molecule has 10 aromatic carbocycles. The number of benzene rings is 10. The zero-order valence-corrected chi connectivity index (χ0v) is 47.4. The molecule has 0 N–H and O–H groups in total. The maximum Gasteiger partial charge on any atom is 0.339 e. The molecule has 0 aliphatic carbocycles. The Morgan fingerprint density at radius 1 is 0.267 bits per heavy atom. The molecule has 1 heterocycles. The van der Waals surface area contributed by atoms with Crippen molar-refractivity contribution in [2.75, 3.05) is 13.2 Å². The van der Waals surface area contributed by atoms with Gasteiger partial charge >= 0.3 is 11.9 Å². The second kappa shape index (κ2) is 29.4. The van der Waals surface area contributed by atoms with E-state index >= 15 is 9.59 Å². The van der Waals surface area contributed by atoms with Gasteiger partial charge in [-0.2, -0.15) is 0 Å². The molecular weight excluding hydrogens is 1080 g/mol. The van der Waals surface area contributed by atoms with Gasteiger partial charge in [0.1, 0.15) is 39.6 Å². The number of carbonyl (C=O) groups excluding carboxylic acids is 2. The molecule has 0 fully saturated rings. The van der Waals surface area contributed by atoms with Crippen LogP contribution in [0.15, 0.2) is 255 Å². The number of ether oxygens (including phenoxy) is 10. The predicted octanol–water partition coefficient (Wildman–Crippen LogP) is 15.3. The molecule has 0 radical (unpaired) electrons. The summed E-state index contributed by atoms with van der Waals surface area (Å²) in [4.78, 5) is 32.3. The summed E-state index contributed by atoms with van der Waals surface area (Å²) in [5, 5.41) is 0. The molecule has 2 atom stereocenters. The van der Waals surface area contributed by atoms with Gasteiger partial charge in [0.25, 0.3) is 0 Å². The number of cyclic esters (lactones) is 2. The van der Waals surface area contributed by atoms with Crippen LogP contribution >= 0.6 is 0 Å². The van der Waals surface area contributed by atoms with Crippen molar-refractivity contribution < 1.29 is 57.0 Å². The molecular formula is C74H64O12. The average Bonchev–Trinajstić information content (AvgIpc) is 0.989. The summed E-state index contributed by atoms with van der Waals surface area (Å²) in [5.74, 6) is -1.04. The number of fused-ring (bicyclic) bond motifs is 3. The Morgan fingerprint density at radius 2 is 0.488 bits per heavy atom. The van der Waals surface area contributed by atoms with Crippen molar-refractivity contribution in [1.29, 1.82) is 0 Å². The third-order valence-electron chi connectivity index (χ3n) is 14.2. The second-order valence-electron chi connectivity index (χ2n) is 20.4. The number of esters is 2. The van der Waals surface area contributed by atoms with Crippen molar-refractivity contribution in [3.63, 3.8) is 0 Å². The predicted molar refractivity (Wildman–Crippen MR) is 327 cm³/mol. The van der Waals surface area contributed by atoms with E-state index < -0.39 is 24.1 Å². The van der Waals surface area contributed by atoms with Gasteiger partial charge < -0.3 is 47.4 Å². The first-order chi connectivity index (χ1) is 42.5. The Bertz CT molecular complexity index is 3490. The summed E-state index contributed by atoms with van der Waals surface area (Å²) in [5.41, 5.74) is 6.71. The summed E-state index contributed by atoms with van der Waals surface area (Å²) in [6.45, 7) is 0.0817. The standard InChI is InChI=1S/C74H64O12/c75-73-61-41-63(79-45-55-29-13-3-14-30-55)69(81-47-57-33-17-5-18-34-57)71(83-49-59-37-21-7-22-38-59)67(61)68-62(74(76)86-66(52-78-44-54-27-11-2-12-28-54)65(85-73)51-77-43-53-25-9-1-10-26-53)42-64(80-46-56-31-15-4-16-32-56)70(82-48-58-35-19-6-20-36-58)72(68)84-50-60-39-23-8-24-40-60/h1-42,65-66H,43-52H2/t65-,66-/m0/s1. The summed E-state index contributed by atoms with van der Waals surface area (Å²) in [6.07, 6.45) is -2.49. The molecule has 432 valence electrons. The zero-order chi connectivity index (χ0) is 58.5. The SMILES string of the molecule is O=C1O[C@@H](COCc2ccccc2)[C@H](COCc2ccccc2)OC(=O)c2cc(OCc3ccccc3)c(OCc3ccccc3)c(OCc3ccccc3)c2-c2c1cc(OCc1ccccc1)c(OCc1ccccc1)c2OCc1ccccc1. The fourth-order valence-corrected chi connectivity index (χ4v) is 9.78. The molecule has 0 unspecified atom stereocenters. The number of hydrogen-bond acceptors (Lipinski definition) is 12. The Balaban J connectivity index is 1.18. The normalized spacial score (nSPS) is 13.7. The lowest BCUT2D eigenvalue weighted by Crippen LogP contribution is -2.42. The highest BCUT2D eigenvalue weighted by molar-refractivity contribution is 6.09. The van der Waals surface area contributed by atoms with Gasteiger partial charge in [0, 0.05) is 11.1 Å². The highest BCUT2D eigenvalue weighted by atomic mass is 16.6. The van der Waals surface area contributed by atoms with Gasteiger partial charge in [-0.1, -0.05) is 243 Å². The number of hydrogen-bond donors (Lipinski definition) is 0. The summed E-state index contributed by atoms with van der Waals surface area (Å²) >= 11 is 0. The fourth-order valence-electron chi connectivity index (χ4n) is 9.78. The van der Waals surface area contributed by atoms with Crippen LogP contribution in [0.5, 0.6) is 34.5 Å². The minimum atomic E-state index is -1.24. The van der Waals surface area contributed by atoms with Gasteiger partial charge in [-0.15, -0.1) is 0 Å². The molecule has 0 saturated carbocycles. The molecule has 0 bridgehead atoms. The first-order valence-corrected chi connectivity index (χ1v) is 28.6. The summed E-state index contributed by atoms with van der Waals surface area (Å²) in [7, 11) is 0. The summed E-state index contributed by atoms with van der Waals surface area (Å²) in [6, 6.07) is 80.3. The van der Waals surface area contributed by atoms with Gasteiger partial charge in [-0.25, -0.2) is 9.59 Å². The van der Waals surface area contributed by atoms with Crippen molar-refractivity contribution in [1.82, 2.24) is 0 Å². The molecule has 12 nitrogen and oxygen atoms in total. The molecule has 1 aliphatic heterocycles. The molecule has 0 spiro atoms. The highest BCUT2D eigenvalue weighted by Crippen LogP contribution is 2.56. The minimum absolute atomic E-state index is 0.0292. The largest absolute Gasteiger partial charge is 0.485 e. The van der Waals surface area contributed by atoms with E-state index in [1.165, 1.54) is 0 Å². The van der Waals surface area contributed by atoms with Crippen molar-refractivity contribution in [3.05, 3.63) is 310 Å². The third kappa shape index (κ3) is 15.3. The van der Waals surface area contributed by atoms with E-state index in [0.29, 0.717) is 0 Å².